The van der Waals surface area contributed by atoms with Gasteiger partial charge in [-0.25, -0.2) is 13.4 Å². The highest BCUT2D eigenvalue weighted by atomic mass is 79.9. The molecule has 2 fully saturated rings. The molecule has 238 valence electrons. The molecule has 2 saturated heterocycles. The van der Waals surface area contributed by atoms with Gasteiger partial charge in [-0.05, 0) is 66.4 Å². The molecule has 45 heavy (non-hydrogen) atoms. The van der Waals surface area contributed by atoms with Crippen molar-refractivity contribution in [2.24, 2.45) is 0 Å². The molecule has 14 heteroatoms. The number of anilines is 6. The van der Waals surface area contributed by atoms with Crippen molar-refractivity contribution in [3.63, 3.8) is 0 Å². The first-order chi connectivity index (χ1) is 21.4. The van der Waals surface area contributed by atoms with E-state index in [4.69, 9.17) is 9.72 Å². The number of ether oxygens (including phenoxy) is 1. The van der Waals surface area contributed by atoms with E-state index in [0.717, 1.165) is 31.5 Å². The Balaban J connectivity index is 1.29. The Hall–Kier alpha value is -3.75. The fourth-order valence-electron chi connectivity index (χ4n) is 6.37. The van der Waals surface area contributed by atoms with Crippen molar-refractivity contribution in [1.82, 2.24) is 24.8 Å². The molecule has 0 amide bonds. The molecule has 1 spiro atoms. The lowest BCUT2D eigenvalue weighted by atomic mass is 9.76. The first-order valence-corrected chi connectivity index (χ1v) is 17.5. The third-order valence-corrected chi connectivity index (χ3v) is 10.6. The molecule has 2 N–H and O–H groups in total. The number of likely N-dealkylation sites (tertiary alicyclic amines) is 1. The molecule has 4 aromatic rings. The van der Waals surface area contributed by atoms with Crippen molar-refractivity contribution >= 4 is 71.5 Å². The van der Waals surface area contributed by atoms with Gasteiger partial charge in [0.05, 0.1) is 40.3 Å². The van der Waals surface area contributed by atoms with Crippen LogP contribution in [0.1, 0.15) is 32.8 Å². The first-order valence-electron chi connectivity index (χ1n) is 14.9. The Morgan fingerprint density at radius 3 is 2.51 bits per heavy atom. The van der Waals surface area contributed by atoms with E-state index in [0.29, 0.717) is 56.0 Å². The number of nitrogens with one attached hydrogen (secondary N) is 2. The van der Waals surface area contributed by atoms with E-state index in [1.807, 2.05) is 0 Å². The van der Waals surface area contributed by atoms with Gasteiger partial charge in [-0.15, -0.1) is 0 Å². The summed E-state index contributed by atoms with van der Waals surface area (Å²) in [5.41, 5.74) is 5.33. The second kappa shape index (κ2) is 11.9. The third kappa shape index (κ3) is 5.74. The van der Waals surface area contributed by atoms with Crippen LogP contribution in [-0.4, -0.2) is 84.9 Å². The summed E-state index contributed by atoms with van der Waals surface area (Å²) in [7, 11) is -0.455. The van der Waals surface area contributed by atoms with Crippen LogP contribution in [0.5, 0.6) is 5.75 Å². The monoisotopic (exact) mass is 695 g/mol. The molecule has 2 aliphatic heterocycles. The average Bonchev–Trinajstić information content (AvgIpc) is 2.96. The largest absolute Gasteiger partial charge is 0.494 e. The molecule has 4 heterocycles. The van der Waals surface area contributed by atoms with Crippen molar-refractivity contribution in [3.8, 4) is 5.75 Å². The molecule has 0 bridgehead atoms. The fourth-order valence-corrected chi connectivity index (χ4v) is 7.17. The Bertz CT molecular complexity index is 1870. The Kier molecular flexibility index (Phi) is 8.25. The molecular formula is C31H38BrN9O3S. The van der Waals surface area contributed by atoms with Crippen LogP contribution in [0.4, 0.5) is 34.5 Å². The lowest BCUT2D eigenvalue weighted by molar-refractivity contribution is -0.0590. The normalized spacial score (nSPS) is 16.0. The average molecular weight is 697 g/mol. The minimum absolute atomic E-state index is 0.297. The third-order valence-electron chi connectivity index (χ3n) is 8.81. The van der Waals surface area contributed by atoms with Crippen molar-refractivity contribution in [2.45, 2.75) is 45.2 Å². The summed E-state index contributed by atoms with van der Waals surface area (Å²) in [6.45, 7) is 9.93. The summed E-state index contributed by atoms with van der Waals surface area (Å²) in [5, 5.41) is 6.62. The van der Waals surface area contributed by atoms with E-state index >= 15 is 0 Å². The maximum atomic E-state index is 12.6. The number of halogens is 1. The van der Waals surface area contributed by atoms with Gasteiger partial charge in [0.25, 0.3) is 0 Å². The molecule has 2 aliphatic rings. The van der Waals surface area contributed by atoms with E-state index in [1.54, 1.807) is 31.6 Å². The van der Waals surface area contributed by atoms with Crippen LogP contribution in [0, 0.1) is 0 Å². The van der Waals surface area contributed by atoms with Crippen LogP contribution in [0.3, 0.4) is 0 Å². The van der Waals surface area contributed by atoms with Crippen molar-refractivity contribution in [2.75, 3.05) is 59.9 Å². The minimum atomic E-state index is -3.61. The molecular weight excluding hydrogens is 658 g/mol. The van der Waals surface area contributed by atoms with Crippen molar-refractivity contribution < 1.29 is 13.2 Å². The maximum absolute atomic E-state index is 12.6. The summed E-state index contributed by atoms with van der Waals surface area (Å²) in [6, 6.07) is 8.31. The minimum Gasteiger partial charge on any atom is -0.494 e. The zero-order valence-corrected chi connectivity index (χ0v) is 28.7. The van der Waals surface area contributed by atoms with E-state index in [2.05, 4.69) is 84.2 Å². The van der Waals surface area contributed by atoms with E-state index in [-0.39, 0.29) is 0 Å². The van der Waals surface area contributed by atoms with Crippen LogP contribution in [-0.2, 0) is 16.4 Å². The van der Waals surface area contributed by atoms with Gasteiger partial charge in [0.1, 0.15) is 22.8 Å². The second-order valence-corrected chi connectivity index (χ2v) is 14.8. The lowest BCUT2D eigenvalue weighted by Gasteiger charge is -2.65. The number of hydrogen-bond donors (Lipinski definition) is 2. The second-order valence-electron chi connectivity index (χ2n) is 11.9. The number of aromatic nitrogens is 4. The SMILES string of the molecule is CCc1cc(Nc2ncc(Br)c(Nc3ccc4nccnc4c3N(C)S(C)(=O)=O)n2)c(OC)cc1N1CC2(CCN2C(C)C)C1. The quantitative estimate of drug-likeness (QED) is 0.224. The van der Waals surface area contributed by atoms with Crippen molar-refractivity contribution in [3.05, 3.63) is 52.9 Å². The smallest absolute Gasteiger partial charge is 0.232 e. The van der Waals surface area contributed by atoms with Crippen molar-refractivity contribution in [1.29, 1.82) is 0 Å². The van der Waals surface area contributed by atoms with Crippen LogP contribution in [0.15, 0.2) is 47.3 Å². The van der Waals surface area contributed by atoms with Gasteiger partial charge in [0, 0.05) is 63.1 Å². The molecule has 0 radical (unpaired) electrons. The van der Waals surface area contributed by atoms with Gasteiger partial charge in [-0.3, -0.25) is 19.2 Å². The molecule has 0 atom stereocenters. The topological polar surface area (TPSA) is 129 Å². The summed E-state index contributed by atoms with van der Waals surface area (Å²) in [5.74, 6) is 1.48. The van der Waals surface area contributed by atoms with E-state index < -0.39 is 10.0 Å². The van der Waals surface area contributed by atoms with Gasteiger partial charge < -0.3 is 20.3 Å². The van der Waals surface area contributed by atoms with E-state index in [1.165, 1.54) is 41.8 Å². The number of hydrogen-bond acceptors (Lipinski definition) is 11. The van der Waals surface area contributed by atoms with Crippen LogP contribution in [0.2, 0.25) is 0 Å². The molecule has 2 aromatic heterocycles. The Morgan fingerprint density at radius 1 is 1.11 bits per heavy atom. The summed E-state index contributed by atoms with van der Waals surface area (Å²) >= 11 is 3.54. The highest BCUT2D eigenvalue weighted by Crippen LogP contribution is 2.45. The summed E-state index contributed by atoms with van der Waals surface area (Å²) in [4.78, 5) is 23.1. The highest BCUT2D eigenvalue weighted by Gasteiger charge is 2.54. The number of benzene rings is 2. The van der Waals surface area contributed by atoms with Crippen LogP contribution < -0.4 is 24.6 Å². The molecule has 2 aromatic carbocycles. The number of sulfonamides is 1. The predicted molar refractivity (Wildman–Crippen MR) is 183 cm³/mol. The molecule has 12 nitrogen and oxygen atoms in total. The molecule has 0 saturated carbocycles. The fraction of sp³-hybridized carbons (Fsp3) is 0.419. The van der Waals surface area contributed by atoms with Gasteiger partial charge in [0.2, 0.25) is 16.0 Å². The van der Waals surface area contributed by atoms with Crippen LogP contribution in [0.25, 0.3) is 11.0 Å². The first kappa shape index (κ1) is 31.2. The number of aryl methyl sites for hydroxylation is 1. The zero-order chi connectivity index (χ0) is 32.1. The molecule has 0 unspecified atom stereocenters. The Labute approximate surface area is 272 Å². The lowest BCUT2D eigenvalue weighted by Crippen LogP contribution is -2.78. The van der Waals surface area contributed by atoms with Gasteiger partial charge in [-0.1, -0.05) is 6.92 Å². The number of fused-ring (bicyclic) bond motifs is 1. The molecule has 6 rings (SSSR count). The summed E-state index contributed by atoms with van der Waals surface area (Å²) < 4.78 is 32.8. The van der Waals surface area contributed by atoms with Crippen LogP contribution >= 0.6 is 15.9 Å². The van der Waals surface area contributed by atoms with Gasteiger partial charge in [-0.2, -0.15) is 4.98 Å². The predicted octanol–water partition coefficient (Wildman–Crippen LogP) is 5.31. The van der Waals surface area contributed by atoms with Gasteiger partial charge in [0.15, 0.2) is 0 Å². The number of methoxy groups -OCH3 is 1. The van der Waals surface area contributed by atoms with E-state index in [9.17, 15) is 8.42 Å². The zero-order valence-electron chi connectivity index (χ0n) is 26.3. The number of nitrogens with zero attached hydrogens (tertiary/aromatic N) is 7. The number of rotatable bonds is 10. The van der Waals surface area contributed by atoms with Gasteiger partial charge >= 0.3 is 0 Å². The standard InChI is InChI=1S/C31H38BrN9O3S/c1-7-20-14-24(26(44-5)15-25(20)40-17-31(18-40)10-13-41(31)19(2)3)37-30-35-16-21(32)29(38-30)36-23-9-8-22-27(34-12-11-33-22)28(23)39(4)45(6,42)43/h8-9,11-12,14-16,19H,7,10,13,17-18H2,1-6H3,(H2,35,36,37,38). The highest BCUT2D eigenvalue weighted by molar-refractivity contribution is 9.10. The maximum Gasteiger partial charge on any atom is 0.232 e. The summed E-state index contributed by atoms with van der Waals surface area (Å²) in [6.07, 6.45) is 7.99. The molecule has 0 aliphatic carbocycles. The Morgan fingerprint density at radius 2 is 1.87 bits per heavy atom.